The van der Waals surface area contributed by atoms with Crippen molar-refractivity contribution in [1.29, 1.82) is 0 Å². The third-order valence-corrected chi connectivity index (χ3v) is 5.19. The predicted octanol–water partition coefficient (Wildman–Crippen LogP) is 1.70. The van der Waals surface area contributed by atoms with E-state index in [1.807, 2.05) is 5.38 Å². The van der Waals surface area contributed by atoms with Crippen LogP contribution in [0, 0.1) is 22.0 Å². The zero-order chi connectivity index (χ0) is 12.7. The summed E-state index contributed by atoms with van der Waals surface area (Å²) in [5, 5.41) is 16.3. The molecule has 0 saturated carbocycles. The third-order valence-electron chi connectivity index (χ3n) is 4.26. The maximum absolute atomic E-state index is 10.7. The molecule has 2 aliphatic heterocycles. The van der Waals surface area contributed by atoms with E-state index < -0.39 is 0 Å². The number of rotatable bonds is 3. The van der Waals surface area contributed by atoms with E-state index >= 15 is 0 Å². The normalized spacial score (nSPS) is 31.7. The Morgan fingerprint density at radius 3 is 3.11 bits per heavy atom. The average Bonchev–Trinajstić information content (AvgIpc) is 2.99. The van der Waals surface area contributed by atoms with Crippen LogP contribution >= 0.6 is 11.3 Å². The van der Waals surface area contributed by atoms with Gasteiger partial charge in [-0.2, -0.15) is 0 Å². The minimum absolute atomic E-state index is 0.249. The lowest BCUT2D eigenvalue weighted by atomic mass is 9.95. The lowest BCUT2D eigenvalue weighted by Gasteiger charge is -2.23. The molecule has 0 radical (unpaired) electrons. The molecule has 1 aromatic heterocycles. The molecule has 6 heteroatoms. The Kier molecular flexibility index (Phi) is 3.09. The van der Waals surface area contributed by atoms with Crippen molar-refractivity contribution in [3.8, 4) is 0 Å². The highest BCUT2D eigenvalue weighted by Crippen LogP contribution is 2.34. The van der Waals surface area contributed by atoms with Crippen molar-refractivity contribution >= 4 is 16.3 Å². The third kappa shape index (κ3) is 2.04. The molecule has 3 atom stereocenters. The van der Waals surface area contributed by atoms with Gasteiger partial charge in [-0.15, -0.1) is 0 Å². The molecule has 0 spiro atoms. The number of thiophene rings is 1. The van der Waals surface area contributed by atoms with Gasteiger partial charge in [0.15, 0.2) is 0 Å². The molecule has 1 aromatic rings. The number of likely N-dealkylation sites (tertiary alicyclic amines) is 1. The Labute approximate surface area is 110 Å². The van der Waals surface area contributed by atoms with E-state index in [1.165, 1.54) is 11.3 Å². The molecule has 0 aliphatic carbocycles. The number of hydrogen-bond acceptors (Lipinski definition) is 5. The van der Waals surface area contributed by atoms with E-state index in [4.69, 9.17) is 0 Å². The van der Waals surface area contributed by atoms with Crippen molar-refractivity contribution < 1.29 is 4.92 Å². The van der Waals surface area contributed by atoms with Gasteiger partial charge in [0.05, 0.1) is 4.92 Å². The fourth-order valence-electron chi connectivity index (χ4n) is 3.24. The zero-order valence-electron chi connectivity index (χ0n) is 10.3. The highest BCUT2D eigenvalue weighted by molar-refractivity contribution is 7.13. The number of nitrogens with zero attached hydrogens (tertiary/aromatic N) is 2. The van der Waals surface area contributed by atoms with E-state index in [9.17, 15) is 10.1 Å². The summed E-state index contributed by atoms with van der Waals surface area (Å²) in [4.78, 5) is 12.8. The monoisotopic (exact) mass is 267 g/mol. The number of fused-ring (bicyclic) bond motifs is 1. The van der Waals surface area contributed by atoms with Crippen LogP contribution in [0.5, 0.6) is 0 Å². The topological polar surface area (TPSA) is 58.4 Å². The van der Waals surface area contributed by atoms with Crippen LogP contribution in [0.25, 0.3) is 0 Å². The second-order valence-electron chi connectivity index (χ2n) is 5.30. The van der Waals surface area contributed by atoms with Gasteiger partial charge in [0.1, 0.15) is 0 Å². The molecular formula is C12H17N3O2S. The van der Waals surface area contributed by atoms with E-state index in [1.54, 1.807) is 6.07 Å². The largest absolute Gasteiger partial charge is 0.324 e. The molecule has 2 aliphatic rings. The Morgan fingerprint density at radius 1 is 1.61 bits per heavy atom. The summed E-state index contributed by atoms with van der Waals surface area (Å²) in [7, 11) is 0. The Bertz CT molecular complexity index is 462. The second kappa shape index (κ2) is 4.60. The standard InChI is InChI=1S/C12H17N3O2S/c1-8-11-4-13-3-10(11)6-14(8)5-9-2-12(15(16)17)18-7-9/h2,7-8,10-11,13H,3-6H2,1H3. The molecule has 0 aromatic carbocycles. The van der Waals surface area contributed by atoms with E-state index in [0.29, 0.717) is 6.04 Å². The maximum atomic E-state index is 10.7. The lowest BCUT2D eigenvalue weighted by molar-refractivity contribution is -0.380. The van der Waals surface area contributed by atoms with Gasteiger partial charge in [-0.1, -0.05) is 11.3 Å². The van der Waals surface area contributed by atoms with Gasteiger partial charge < -0.3 is 5.32 Å². The van der Waals surface area contributed by atoms with Gasteiger partial charge in [-0.25, -0.2) is 0 Å². The van der Waals surface area contributed by atoms with Crippen molar-refractivity contribution in [2.75, 3.05) is 19.6 Å². The van der Waals surface area contributed by atoms with Crippen LogP contribution in [0.2, 0.25) is 0 Å². The maximum Gasteiger partial charge on any atom is 0.324 e. The van der Waals surface area contributed by atoms with Crippen molar-refractivity contribution in [3.05, 3.63) is 27.1 Å². The number of nitrogens with one attached hydrogen (secondary N) is 1. The van der Waals surface area contributed by atoms with Crippen LogP contribution in [-0.2, 0) is 6.54 Å². The summed E-state index contributed by atoms with van der Waals surface area (Å²) in [6.07, 6.45) is 0. The number of hydrogen-bond donors (Lipinski definition) is 1. The fraction of sp³-hybridized carbons (Fsp3) is 0.667. The van der Waals surface area contributed by atoms with Gasteiger partial charge in [0, 0.05) is 30.6 Å². The van der Waals surface area contributed by atoms with Crippen LogP contribution < -0.4 is 5.32 Å². The molecule has 0 bridgehead atoms. The van der Waals surface area contributed by atoms with Crippen LogP contribution in [0.15, 0.2) is 11.4 Å². The first-order chi connectivity index (χ1) is 8.65. The van der Waals surface area contributed by atoms with E-state index in [-0.39, 0.29) is 9.92 Å². The molecule has 18 heavy (non-hydrogen) atoms. The van der Waals surface area contributed by atoms with Gasteiger partial charge in [0.25, 0.3) is 0 Å². The quantitative estimate of drug-likeness (QED) is 0.669. The van der Waals surface area contributed by atoms with Crippen molar-refractivity contribution in [2.45, 2.75) is 19.5 Å². The molecule has 1 N–H and O–H groups in total. The predicted molar refractivity (Wildman–Crippen MR) is 70.7 cm³/mol. The fourth-order valence-corrected chi connectivity index (χ4v) is 3.96. The SMILES string of the molecule is CC1C2CNCC2CN1Cc1csc([N+](=O)[O-])c1. The van der Waals surface area contributed by atoms with E-state index in [0.717, 1.165) is 43.6 Å². The van der Waals surface area contributed by atoms with Gasteiger partial charge in [-0.05, 0) is 37.4 Å². The molecular weight excluding hydrogens is 250 g/mol. The molecule has 2 saturated heterocycles. The molecule has 0 amide bonds. The minimum atomic E-state index is -0.305. The summed E-state index contributed by atoms with van der Waals surface area (Å²) in [6, 6.07) is 2.29. The highest BCUT2D eigenvalue weighted by Gasteiger charge is 2.41. The lowest BCUT2D eigenvalue weighted by Crippen LogP contribution is -2.32. The first-order valence-electron chi connectivity index (χ1n) is 6.31. The smallest absolute Gasteiger partial charge is 0.316 e. The second-order valence-corrected chi connectivity index (χ2v) is 6.19. The van der Waals surface area contributed by atoms with Crippen LogP contribution in [0.1, 0.15) is 12.5 Å². The molecule has 3 heterocycles. The first kappa shape index (κ1) is 12.1. The van der Waals surface area contributed by atoms with Gasteiger partial charge >= 0.3 is 5.00 Å². The van der Waals surface area contributed by atoms with Crippen molar-refractivity contribution in [1.82, 2.24) is 10.2 Å². The van der Waals surface area contributed by atoms with Crippen molar-refractivity contribution in [2.24, 2.45) is 11.8 Å². The van der Waals surface area contributed by atoms with Crippen LogP contribution in [0.3, 0.4) is 0 Å². The van der Waals surface area contributed by atoms with Crippen LogP contribution in [0.4, 0.5) is 5.00 Å². The Balaban J connectivity index is 1.67. The van der Waals surface area contributed by atoms with Gasteiger partial charge in [-0.3, -0.25) is 15.0 Å². The summed E-state index contributed by atoms with van der Waals surface area (Å²) in [6.45, 7) is 6.47. The molecule has 3 unspecified atom stereocenters. The summed E-state index contributed by atoms with van der Waals surface area (Å²) < 4.78 is 0. The minimum Gasteiger partial charge on any atom is -0.316 e. The summed E-state index contributed by atoms with van der Waals surface area (Å²) in [5.41, 5.74) is 1.08. The zero-order valence-corrected chi connectivity index (χ0v) is 11.2. The Morgan fingerprint density at radius 2 is 2.44 bits per heavy atom. The average molecular weight is 267 g/mol. The van der Waals surface area contributed by atoms with Crippen LogP contribution in [-0.4, -0.2) is 35.5 Å². The van der Waals surface area contributed by atoms with Crippen molar-refractivity contribution in [3.63, 3.8) is 0 Å². The summed E-state index contributed by atoms with van der Waals surface area (Å²) >= 11 is 1.23. The number of nitro groups is 1. The Hall–Kier alpha value is -0.980. The molecule has 98 valence electrons. The first-order valence-corrected chi connectivity index (χ1v) is 7.19. The highest BCUT2D eigenvalue weighted by atomic mass is 32.1. The molecule has 3 rings (SSSR count). The van der Waals surface area contributed by atoms with E-state index in [2.05, 4.69) is 17.1 Å². The summed E-state index contributed by atoms with van der Waals surface area (Å²) in [5.74, 6) is 1.51. The molecule has 2 fully saturated rings. The molecule has 5 nitrogen and oxygen atoms in total. The van der Waals surface area contributed by atoms with Gasteiger partial charge in [0.2, 0.25) is 0 Å².